The van der Waals surface area contributed by atoms with Gasteiger partial charge < -0.3 is 10.2 Å². The number of pyridine rings is 1. The summed E-state index contributed by atoms with van der Waals surface area (Å²) in [6.07, 6.45) is 4.78. The quantitative estimate of drug-likeness (QED) is 0.382. The topological polar surface area (TPSA) is 93.0 Å². The fourth-order valence-corrected chi connectivity index (χ4v) is 5.08. The molecule has 0 radical (unpaired) electrons. The predicted octanol–water partition coefficient (Wildman–Crippen LogP) is 4.30. The Kier molecular flexibility index (Phi) is 7.37. The number of piperidine rings is 1. The van der Waals surface area contributed by atoms with E-state index in [1.807, 2.05) is 82.3 Å². The highest BCUT2D eigenvalue weighted by Crippen LogP contribution is 2.28. The average molecular weight is 499 g/mol. The average Bonchev–Trinajstić information content (AvgIpc) is 3.37. The van der Waals surface area contributed by atoms with Crippen molar-refractivity contribution in [2.45, 2.75) is 18.0 Å². The molecule has 36 heavy (non-hydrogen) atoms. The first-order chi connectivity index (χ1) is 17.7. The zero-order valence-electron chi connectivity index (χ0n) is 19.7. The molecule has 1 aliphatic rings. The van der Waals surface area contributed by atoms with Crippen LogP contribution in [0.25, 0.3) is 17.1 Å². The summed E-state index contributed by atoms with van der Waals surface area (Å²) in [6.45, 7) is 1.14. The molecule has 2 aromatic carbocycles. The third-order valence-electron chi connectivity index (χ3n) is 6.15. The Morgan fingerprint density at radius 1 is 0.917 bits per heavy atom. The lowest BCUT2D eigenvalue weighted by Crippen LogP contribution is -2.42. The van der Waals surface area contributed by atoms with Crippen LogP contribution in [0.2, 0.25) is 0 Å². The van der Waals surface area contributed by atoms with E-state index in [1.54, 1.807) is 12.4 Å². The predicted molar refractivity (Wildman–Crippen MR) is 140 cm³/mol. The fourth-order valence-electron chi connectivity index (χ4n) is 4.23. The molecule has 0 spiro atoms. The van der Waals surface area contributed by atoms with Crippen LogP contribution < -0.4 is 5.32 Å². The van der Waals surface area contributed by atoms with E-state index < -0.39 is 0 Å². The standard InChI is InChI=1S/C27H26N6O2S/c34-24(32-16-13-20(14-17-32)26(35)29-22-9-3-1-4-10-22)19-36-27-31-30-25(21-8-7-15-28-18-21)33(27)23-11-5-2-6-12-23/h1-12,15,18,20H,13-14,16-17,19H2,(H,29,35). The minimum atomic E-state index is -0.0925. The molecule has 1 aliphatic heterocycles. The number of amides is 2. The molecule has 9 heteroatoms. The normalized spacial score (nSPS) is 13.9. The monoisotopic (exact) mass is 498 g/mol. The summed E-state index contributed by atoms with van der Waals surface area (Å²) in [7, 11) is 0. The van der Waals surface area contributed by atoms with Gasteiger partial charge in [-0.25, -0.2) is 0 Å². The maximum absolute atomic E-state index is 13.0. The Morgan fingerprint density at radius 2 is 1.64 bits per heavy atom. The summed E-state index contributed by atoms with van der Waals surface area (Å²) >= 11 is 1.37. The molecule has 0 unspecified atom stereocenters. The van der Waals surface area contributed by atoms with Gasteiger partial charge in [-0.2, -0.15) is 0 Å². The number of nitrogens with zero attached hydrogens (tertiary/aromatic N) is 5. The van der Waals surface area contributed by atoms with Crippen molar-refractivity contribution in [2.24, 2.45) is 5.92 Å². The number of aromatic nitrogens is 4. The van der Waals surface area contributed by atoms with Gasteiger partial charge in [0.2, 0.25) is 11.8 Å². The van der Waals surface area contributed by atoms with Crippen LogP contribution in [0.15, 0.2) is 90.3 Å². The third-order valence-corrected chi connectivity index (χ3v) is 7.07. The van der Waals surface area contributed by atoms with Crippen molar-refractivity contribution < 1.29 is 9.59 Å². The van der Waals surface area contributed by atoms with Crippen molar-refractivity contribution in [3.8, 4) is 17.1 Å². The van der Waals surface area contributed by atoms with Crippen LogP contribution in [0, 0.1) is 5.92 Å². The molecule has 1 N–H and O–H groups in total. The summed E-state index contributed by atoms with van der Waals surface area (Å²) in [4.78, 5) is 31.6. The van der Waals surface area contributed by atoms with Gasteiger partial charge in [0.15, 0.2) is 11.0 Å². The maximum atomic E-state index is 13.0. The first kappa shape index (κ1) is 23.7. The van der Waals surface area contributed by atoms with Crippen LogP contribution in [0.1, 0.15) is 12.8 Å². The molecule has 0 atom stereocenters. The first-order valence-electron chi connectivity index (χ1n) is 11.9. The van der Waals surface area contributed by atoms with Crippen molar-refractivity contribution in [1.82, 2.24) is 24.6 Å². The highest BCUT2D eigenvalue weighted by molar-refractivity contribution is 7.99. The molecule has 5 rings (SSSR count). The van der Waals surface area contributed by atoms with Gasteiger partial charge in [0.25, 0.3) is 0 Å². The highest BCUT2D eigenvalue weighted by atomic mass is 32.2. The van der Waals surface area contributed by atoms with E-state index in [4.69, 9.17) is 0 Å². The Bertz CT molecular complexity index is 1310. The number of anilines is 1. The van der Waals surface area contributed by atoms with Crippen LogP contribution in [-0.4, -0.2) is 55.3 Å². The Balaban J connectivity index is 1.21. The van der Waals surface area contributed by atoms with Gasteiger partial charge in [0, 0.05) is 48.3 Å². The number of thioether (sulfide) groups is 1. The highest BCUT2D eigenvalue weighted by Gasteiger charge is 2.28. The van der Waals surface area contributed by atoms with Crippen LogP contribution in [0.5, 0.6) is 0 Å². The number of hydrogen-bond acceptors (Lipinski definition) is 6. The summed E-state index contributed by atoms with van der Waals surface area (Å²) in [6, 6.07) is 23.1. The molecule has 1 saturated heterocycles. The van der Waals surface area contributed by atoms with E-state index in [1.165, 1.54) is 11.8 Å². The molecule has 2 amide bonds. The van der Waals surface area contributed by atoms with Gasteiger partial charge in [-0.1, -0.05) is 48.2 Å². The molecule has 2 aromatic heterocycles. The largest absolute Gasteiger partial charge is 0.342 e. The minimum Gasteiger partial charge on any atom is -0.342 e. The van der Waals surface area contributed by atoms with Crippen molar-refractivity contribution in [1.29, 1.82) is 0 Å². The van der Waals surface area contributed by atoms with Gasteiger partial charge in [-0.05, 0) is 49.2 Å². The second kappa shape index (κ2) is 11.2. The zero-order chi connectivity index (χ0) is 24.7. The molecule has 0 bridgehead atoms. The number of likely N-dealkylation sites (tertiary alicyclic amines) is 1. The molecular weight excluding hydrogens is 472 g/mol. The molecule has 8 nitrogen and oxygen atoms in total. The maximum Gasteiger partial charge on any atom is 0.233 e. The molecule has 0 aliphatic carbocycles. The number of carbonyl (C=O) groups excluding carboxylic acids is 2. The van der Waals surface area contributed by atoms with E-state index in [0.717, 1.165) is 16.9 Å². The van der Waals surface area contributed by atoms with Gasteiger partial charge >= 0.3 is 0 Å². The molecule has 0 saturated carbocycles. The van der Waals surface area contributed by atoms with E-state index in [2.05, 4.69) is 20.5 Å². The van der Waals surface area contributed by atoms with E-state index in [0.29, 0.717) is 36.9 Å². The van der Waals surface area contributed by atoms with Gasteiger partial charge in [-0.3, -0.25) is 19.1 Å². The second-order valence-electron chi connectivity index (χ2n) is 8.52. The van der Waals surface area contributed by atoms with E-state index >= 15 is 0 Å². The lowest BCUT2D eigenvalue weighted by molar-refractivity contribution is -0.132. The fraction of sp³-hybridized carbons (Fsp3) is 0.222. The summed E-state index contributed by atoms with van der Waals surface area (Å²) in [5.41, 5.74) is 2.56. The molecular formula is C27H26N6O2S. The zero-order valence-corrected chi connectivity index (χ0v) is 20.5. The van der Waals surface area contributed by atoms with Crippen molar-refractivity contribution >= 4 is 29.3 Å². The lowest BCUT2D eigenvalue weighted by atomic mass is 9.96. The molecule has 1 fully saturated rings. The lowest BCUT2D eigenvalue weighted by Gasteiger charge is -2.31. The summed E-state index contributed by atoms with van der Waals surface area (Å²) in [5.74, 6) is 0.882. The number of nitrogens with one attached hydrogen (secondary N) is 1. The number of carbonyl (C=O) groups is 2. The van der Waals surface area contributed by atoms with Gasteiger partial charge in [-0.15, -0.1) is 10.2 Å². The smallest absolute Gasteiger partial charge is 0.233 e. The Labute approximate surface area is 213 Å². The van der Waals surface area contributed by atoms with Crippen molar-refractivity contribution in [3.05, 3.63) is 85.2 Å². The van der Waals surface area contributed by atoms with Gasteiger partial charge in [0.1, 0.15) is 0 Å². The second-order valence-corrected chi connectivity index (χ2v) is 9.46. The number of para-hydroxylation sites is 2. The van der Waals surface area contributed by atoms with Crippen LogP contribution >= 0.6 is 11.8 Å². The summed E-state index contributed by atoms with van der Waals surface area (Å²) in [5, 5.41) is 12.4. The molecule has 182 valence electrons. The third kappa shape index (κ3) is 5.46. The number of hydrogen-bond donors (Lipinski definition) is 1. The van der Waals surface area contributed by atoms with Crippen LogP contribution in [-0.2, 0) is 9.59 Å². The van der Waals surface area contributed by atoms with Crippen LogP contribution in [0.4, 0.5) is 5.69 Å². The van der Waals surface area contributed by atoms with Crippen molar-refractivity contribution in [2.75, 3.05) is 24.2 Å². The number of benzene rings is 2. The number of rotatable bonds is 7. The minimum absolute atomic E-state index is 0.0153. The molecule has 3 heterocycles. The SMILES string of the molecule is O=C(Nc1ccccc1)C1CCN(C(=O)CSc2nnc(-c3cccnc3)n2-c2ccccc2)CC1. The first-order valence-corrected chi connectivity index (χ1v) is 12.9. The Hall–Kier alpha value is -3.98. The van der Waals surface area contributed by atoms with Crippen molar-refractivity contribution in [3.63, 3.8) is 0 Å². The Morgan fingerprint density at radius 3 is 2.33 bits per heavy atom. The summed E-state index contributed by atoms with van der Waals surface area (Å²) < 4.78 is 1.95. The van der Waals surface area contributed by atoms with Gasteiger partial charge in [0.05, 0.1) is 5.75 Å². The van der Waals surface area contributed by atoms with E-state index in [-0.39, 0.29) is 23.5 Å². The molecule has 4 aromatic rings. The van der Waals surface area contributed by atoms with Crippen LogP contribution in [0.3, 0.4) is 0 Å². The van der Waals surface area contributed by atoms with E-state index in [9.17, 15) is 9.59 Å².